The lowest BCUT2D eigenvalue weighted by Gasteiger charge is -1.99. The van der Waals surface area contributed by atoms with E-state index in [9.17, 15) is 4.79 Å². The highest BCUT2D eigenvalue weighted by Crippen LogP contribution is 2.12. The maximum absolute atomic E-state index is 11.1. The second-order valence-electron chi connectivity index (χ2n) is 2.82. The number of para-hydroxylation sites is 1. The Hall–Kier alpha value is -1.94. The van der Waals surface area contributed by atoms with E-state index >= 15 is 0 Å². The van der Waals surface area contributed by atoms with Crippen molar-refractivity contribution >= 4 is 16.9 Å². The fourth-order valence-corrected chi connectivity index (χ4v) is 1.25. The summed E-state index contributed by atoms with van der Waals surface area (Å²) in [5, 5.41) is 0.885. The lowest BCUT2D eigenvalue weighted by Crippen LogP contribution is -2.10. The van der Waals surface area contributed by atoms with Gasteiger partial charge >= 0.3 is 5.97 Å². The molecular formula is C10H8N2O2. The van der Waals surface area contributed by atoms with Crippen LogP contribution in [0.4, 0.5) is 0 Å². The third kappa shape index (κ3) is 1.43. The van der Waals surface area contributed by atoms with Crippen molar-refractivity contribution in [3.63, 3.8) is 0 Å². The lowest BCUT2D eigenvalue weighted by atomic mass is 10.2. The number of hydrogen-bond acceptors (Lipinski definition) is 4. The molecule has 0 bridgehead atoms. The molecule has 0 aliphatic carbocycles. The number of carbonyl (C=O) groups excluding carboxylic acids is 1. The first-order valence-electron chi connectivity index (χ1n) is 4.07. The quantitative estimate of drug-likeness (QED) is 0.684. The Bertz CT molecular complexity index is 482. The molecule has 0 atom stereocenters. The topological polar surface area (TPSA) is 65.2 Å². The van der Waals surface area contributed by atoms with Gasteiger partial charge in [0.1, 0.15) is 0 Å². The normalized spacial score (nSPS) is 10.1. The van der Waals surface area contributed by atoms with Crippen molar-refractivity contribution in [3.05, 3.63) is 42.1 Å². The second kappa shape index (κ2) is 3.43. The van der Waals surface area contributed by atoms with Crippen LogP contribution in [0.25, 0.3) is 10.9 Å². The summed E-state index contributed by atoms with van der Waals surface area (Å²) in [4.78, 5) is 19.3. The molecule has 1 heterocycles. The van der Waals surface area contributed by atoms with Crippen molar-refractivity contribution in [1.82, 2.24) is 4.98 Å². The number of nitrogens with zero attached hydrogens (tertiary/aromatic N) is 1. The first-order chi connectivity index (χ1) is 6.81. The largest absolute Gasteiger partial charge is 0.370 e. The van der Waals surface area contributed by atoms with E-state index < -0.39 is 5.97 Å². The van der Waals surface area contributed by atoms with Crippen LogP contribution in [0.5, 0.6) is 0 Å². The molecule has 0 unspecified atom stereocenters. The molecule has 0 aliphatic rings. The third-order valence-corrected chi connectivity index (χ3v) is 1.93. The van der Waals surface area contributed by atoms with Crippen LogP contribution in [-0.4, -0.2) is 11.0 Å². The van der Waals surface area contributed by atoms with Crippen LogP contribution in [0, 0.1) is 0 Å². The maximum atomic E-state index is 11.1. The fraction of sp³-hybridized carbons (Fsp3) is 0. The number of benzene rings is 1. The fourth-order valence-electron chi connectivity index (χ4n) is 1.25. The van der Waals surface area contributed by atoms with Gasteiger partial charge in [-0.2, -0.15) is 5.90 Å². The van der Waals surface area contributed by atoms with Crippen LogP contribution in [0.15, 0.2) is 36.5 Å². The molecule has 14 heavy (non-hydrogen) atoms. The molecule has 1 aromatic carbocycles. The minimum atomic E-state index is -0.580. The molecule has 2 aromatic rings. The van der Waals surface area contributed by atoms with Crippen LogP contribution < -0.4 is 5.90 Å². The van der Waals surface area contributed by atoms with Crippen LogP contribution >= 0.6 is 0 Å². The molecule has 0 aliphatic heterocycles. The highest BCUT2D eigenvalue weighted by molar-refractivity contribution is 5.93. The van der Waals surface area contributed by atoms with E-state index in [-0.39, 0.29) is 0 Å². The van der Waals surface area contributed by atoms with Crippen molar-refractivity contribution in [2.24, 2.45) is 5.90 Å². The molecule has 0 fully saturated rings. The van der Waals surface area contributed by atoms with Gasteiger partial charge in [0.2, 0.25) is 0 Å². The molecular weight excluding hydrogens is 180 g/mol. The van der Waals surface area contributed by atoms with Gasteiger partial charge in [0.05, 0.1) is 11.1 Å². The number of fused-ring (bicyclic) bond motifs is 1. The average Bonchev–Trinajstić information content (AvgIpc) is 2.27. The first kappa shape index (κ1) is 8.65. The monoisotopic (exact) mass is 188 g/mol. The molecule has 1 aromatic heterocycles. The Morgan fingerprint density at radius 2 is 2.14 bits per heavy atom. The van der Waals surface area contributed by atoms with E-state index in [0.29, 0.717) is 5.56 Å². The first-order valence-corrected chi connectivity index (χ1v) is 4.07. The zero-order chi connectivity index (χ0) is 9.97. The van der Waals surface area contributed by atoms with Crippen LogP contribution in [0.2, 0.25) is 0 Å². The number of rotatable bonds is 1. The number of carbonyl (C=O) groups is 1. The summed E-state index contributed by atoms with van der Waals surface area (Å²) in [6, 6.07) is 9.19. The summed E-state index contributed by atoms with van der Waals surface area (Å²) in [6.45, 7) is 0. The van der Waals surface area contributed by atoms with E-state index in [1.54, 1.807) is 6.07 Å². The predicted molar refractivity (Wildman–Crippen MR) is 51.3 cm³/mol. The Balaban J connectivity index is 2.56. The van der Waals surface area contributed by atoms with Gasteiger partial charge in [-0.05, 0) is 12.1 Å². The molecule has 4 nitrogen and oxygen atoms in total. The zero-order valence-corrected chi connectivity index (χ0v) is 7.31. The standard InChI is InChI=1S/C10H8N2O2/c11-14-10(13)8-5-7-3-1-2-4-9(7)12-6-8/h1-6H,11H2. The Morgan fingerprint density at radius 1 is 1.36 bits per heavy atom. The lowest BCUT2D eigenvalue weighted by molar-refractivity contribution is 0.0503. The number of aromatic nitrogens is 1. The van der Waals surface area contributed by atoms with E-state index in [2.05, 4.69) is 9.82 Å². The van der Waals surface area contributed by atoms with Gasteiger partial charge < -0.3 is 4.84 Å². The Labute approximate surface area is 80.3 Å². The maximum Gasteiger partial charge on any atom is 0.358 e. The second-order valence-corrected chi connectivity index (χ2v) is 2.82. The van der Waals surface area contributed by atoms with Crippen LogP contribution in [-0.2, 0) is 4.84 Å². The van der Waals surface area contributed by atoms with Crippen molar-refractivity contribution in [2.45, 2.75) is 0 Å². The number of pyridine rings is 1. The molecule has 2 N–H and O–H groups in total. The van der Waals surface area contributed by atoms with Crippen molar-refractivity contribution in [2.75, 3.05) is 0 Å². The van der Waals surface area contributed by atoms with Gasteiger partial charge in [0.15, 0.2) is 0 Å². The Kier molecular flexibility index (Phi) is 2.12. The minimum absolute atomic E-state index is 0.353. The van der Waals surface area contributed by atoms with Gasteiger partial charge in [-0.3, -0.25) is 4.98 Å². The Morgan fingerprint density at radius 3 is 2.93 bits per heavy atom. The molecule has 0 saturated heterocycles. The van der Waals surface area contributed by atoms with E-state index in [1.165, 1.54) is 6.20 Å². The van der Waals surface area contributed by atoms with Crippen molar-refractivity contribution in [3.8, 4) is 0 Å². The highest BCUT2D eigenvalue weighted by Gasteiger charge is 2.06. The summed E-state index contributed by atoms with van der Waals surface area (Å²) in [5.74, 6) is 4.19. The van der Waals surface area contributed by atoms with Gasteiger partial charge in [-0.1, -0.05) is 18.2 Å². The average molecular weight is 188 g/mol. The number of hydrogen-bond donors (Lipinski definition) is 1. The van der Waals surface area contributed by atoms with Crippen molar-refractivity contribution in [1.29, 1.82) is 0 Å². The van der Waals surface area contributed by atoms with Gasteiger partial charge in [-0.15, -0.1) is 0 Å². The van der Waals surface area contributed by atoms with Crippen LogP contribution in [0.1, 0.15) is 10.4 Å². The van der Waals surface area contributed by atoms with Crippen LogP contribution in [0.3, 0.4) is 0 Å². The third-order valence-electron chi connectivity index (χ3n) is 1.93. The summed E-state index contributed by atoms with van der Waals surface area (Å²) in [6.07, 6.45) is 1.44. The van der Waals surface area contributed by atoms with Crippen molar-refractivity contribution < 1.29 is 9.63 Å². The number of nitrogens with two attached hydrogens (primary N) is 1. The molecule has 70 valence electrons. The SMILES string of the molecule is NOC(=O)c1cnc2ccccc2c1. The predicted octanol–water partition coefficient (Wildman–Crippen LogP) is 1.27. The summed E-state index contributed by atoms with van der Waals surface area (Å²) in [7, 11) is 0. The zero-order valence-electron chi connectivity index (χ0n) is 7.31. The smallest absolute Gasteiger partial charge is 0.358 e. The molecule has 0 saturated carbocycles. The summed E-state index contributed by atoms with van der Waals surface area (Å²) < 4.78 is 0. The molecule has 0 radical (unpaired) electrons. The van der Waals surface area contributed by atoms with Gasteiger partial charge in [0, 0.05) is 11.6 Å². The van der Waals surface area contributed by atoms with E-state index in [0.717, 1.165) is 10.9 Å². The van der Waals surface area contributed by atoms with E-state index in [4.69, 9.17) is 5.90 Å². The van der Waals surface area contributed by atoms with E-state index in [1.807, 2.05) is 24.3 Å². The molecule has 0 spiro atoms. The minimum Gasteiger partial charge on any atom is -0.370 e. The molecule has 0 amide bonds. The van der Waals surface area contributed by atoms with Gasteiger partial charge in [0.25, 0.3) is 0 Å². The summed E-state index contributed by atoms with van der Waals surface area (Å²) >= 11 is 0. The highest BCUT2D eigenvalue weighted by atomic mass is 16.7. The van der Waals surface area contributed by atoms with Gasteiger partial charge in [-0.25, -0.2) is 4.79 Å². The summed E-state index contributed by atoms with van der Waals surface area (Å²) in [5.41, 5.74) is 1.19. The molecule has 2 rings (SSSR count). The molecule has 4 heteroatoms.